The number of fused-ring (bicyclic) bond motifs is 1. The first-order valence-electron chi connectivity index (χ1n) is 12.6. The SMILES string of the molecule is Cc1cccc(C)c1NC(=O)CN1CCN(C(=O)c2cc(C3CC3)nc3c2cnn3C(C)C)CC1. The molecule has 0 radical (unpaired) electrons. The van der Waals surface area contributed by atoms with Crippen LogP contribution >= 0.6 is 0 Å². The molecular formula is C27H34N6O2. The van der Waals surface area contributed by atoms with Crippen molar-refractivity contribution in [1.29, 1.82) is 0 Å². The Morgan fingerprint density at radius 1 is 1.09 bits per heavy atom. The van der Waals surface area contributed by atoms with Gasteiger partial charge in [0.05, 0.1) is 23.7 Å². The number of carbonyl (C=O) groups is 2. The molecule has 0 bridgehead atoms. The number of aromatic nitrogens is 3. The van der Waals surface area contributed by atoms with Crippen LogP contribution in [0.15, 0.2) is 30.5 Å². The summed E-state index contributed by atoms with van der Waals surface area (Å²) < 4.78 is 1.91. The van der Waals surface area contributed by atoms with Gasteiger partial charge in [-0.05, 0) is 57.7 Å². The van der Waals surface area contributed by atoms with Crippen molar-refractivity contribution in [3.05, 3.63) is 52.8 Å². The molecule has 184 valence electrons. The lowest BCUT2D eigenvalue weighted by Crippen LogP contribution is -2.50. The van der Waals surface area contributed by atoms with E-state index in [0.717, 1.165) is 46.4 Å². The van der Waals surface area contributed by atoms with Gasteiger partial charge in [0.1, 0.15) is 0 Å². The second-order valence-electron chi connectivity index (χ2n) is 10.2. The van der Waals surface area contributed by atoms with Crippen molar-refractivity contribution >= 4 is 28.5 Å². The smallest absolute Gasteiger partial charge is 0.254 e. The molecule has 1 aliphatic heterocycles. The Balaban J connectivity index is 1.26. The first-order valence-corrected chi connectivity index (χ1v) is 12.6. The molecule has 0 spiro atoms. The van der Waals surface area contributed by atoms with E-state index < -0.39 is 0 Å². The van der Waals surface area contributed by atoms with E-state index in [9.17, 15) is 9.59 Å². The second-order valence-corrected chi connectivity index (χ2v) is 10.2. The van der Waals surface area contributed by atoms with Gasteiger partial charge >= 0.3 is 0 Å². The van der Waals surface area contributed by atoms with E-state index in [-0.39, 0.29) is 17.9 Å². The van der Waals surface area contributed by atoms with Gasteiger partial charge in [0.2, 0.25) is 5.91 Å². The molecule has 3 aromatic rings. The van der Waals surface area contributed by atoms with Gasteiger partial charge in [-0.25, -0.2) is 9.67 Å². The van der Waals surface area contributed by atoms with Crippen LogP contribution in [0.3, 0.4) is 0 Å². The van der Waals surface area contributed by atoms with Gasteiger partial charge in [-0.15, -0.1) is 0 Å². The summed E-state index contributed by atoms with van der Waals surface area (Å²) in [6.45, 7) is 11.0. The summed E-state index contributed by atoms with van der Waals surface area (Å²) in [5.74, 6) is 0.462. The quantitative estimate of drug-likeness (QED) is 0.586. The highest BCUT2D eigenvalue weighted by Crippen LogP contribution is 2.40. The number of hydrogen-bond donors (Lipinski definition) is 1. The van der Waals surface area contributed by atoms with Crippen molar-refractivity contribution in [1.82, 2.24) is 24.6 Å². The van der Waals surface area contributed by atoms with Gasteiger partial charge < -0.3 is 10.2 Å². The van der Waals surface area contributed by atoms with Gasteiger partial charge in [0.15, 0.2) is 5.65 Å². The lowest BCUT2D eigenvalue weighted by Gasteiger charge is -2.34. The van der Waals surface area contributed by atoms with Crippen LogP contribution in [0, 0.1) is 13.8 Å². The number of hydrogen-bond acceptors (Lipinski definition) is 5. The maximum atomic E-state index is 13.6. The highest BCUT2D eigenvalue weighted by molar-refractivity contribution is 6.05. The molecule has 8 nitrogen and oxygen atoms in total. The summed E-state index contributed by atoms with van der Waals surface area (Å²) in [6.07, 6.45) is 4.04. The summed E-state index contributed by atoms with van der Waals surface area (Å²) in [5.41, 5.74) is 5.51. The maximum absolute atomic E-state index is 13.6. The predicted octanol–water partition coefficient (Wildman–Crippen LogP) is 3.90. The predicted molar refractivity (Wildman–Crippen MR) is 137 cm³/mol. The van der Waals surface area contributed by atoms with Crippen LogP contribution in [0.4, 0.5) is 5.69 Å². The van der Waals surface area contributed by atoms with E-state index in [2.05, 4.69) is 29.2 Å². The van der Waals surface area contributed by atoms with E-state index in [1.807, 2.05) is 47.7 Å². The molecule has 8 heteroatoms. The van der Waals surface area contributed by atoms with Gasteiger partial charge in [0, 0.05) is 49.5 Å². The largest absolute Gasteiger partial charge is 0.336 e. The number of pyridine rings is 1. The van der Waals surface area contributed by atoms with Crippen LogP contribution < -0.4 is 5.32 Å². The minimum Gasteiger partial charge on any atom is -0.336 e. The van der Waals surface area contributed by atoms with Gasteiger partial charge in [-0.2, -0.15) is 5.10 Å². The Morgan fingerprint density at radius 3 is 2.40 bits per heavy atom. The number of nitrogens with one attached hydrogen (secondary N) is 1. The Kier molecular flexibility index (Phi) is 6.32. The topological polar surface area (TPSA) is 83.4 Å². The van der Waals surface area contributed by atoms with Crippen molar-refractivity contribution in [2.24, 2.45) is 0 Å². The summed E-state index contributed by atoms with van der Waals surface area (Å²) in [5, 5.41) is 8.41. The molecular weight excluding hydrogens is 440 g/mol. The van der Waals surface area contributed by atoms with E-state index >= 15 is 0 Å². The monoisotopic (exact) mass is 474 g/mol. The lowest BCUT2D eigenvalue weighted by molar-refractivity contribution is -0.117. The van der Waals surface area contributed by atoms with Gasteiger partial charge in [0.25, 0.3) is 5.91 Å². The van der Waals surface area contributed by atoms with Gasteiger partial charge in [-0.1, -0.05) is 18.2 Å². The lowest BCUT2D eigenvalue weighted by atomic mass is 10.1. The fourth-order valence-corrected chi connectivity index (χ4v) is 4.85. The number of anilines is 1. The highest BCUT2D eigenvalue weighted by atomic mass is 16.2. The Morgan fingerprint density at radius 2 is 1.77 bits per heavy atom. The molecule has 0 atom stereocenters. The molecule has 2 aliphatic rings. The third-order valence-corrected chi connectivity index (χ3v) is 7.07. The van der Waals surface area contributed by atoms with Crippen LogP contribution in [0.2, 0.25) is 0 Å². The van der Waals surface area contributed by atoms with Crippen LogP contribution in [-0.2, 0) is 4.79 Å². The number of rotatable bonds is 6. The number of piperazine rings is 1. The molecule has 2 aromatic heterocycles. The summed E-state index contributed by atoms with van der Waals surface area (Å²) in [4.78, 5) is 35.2. The van der Waals surface area contributed by atoms with E-state index in [1.165, 1.54) is 0 Å². The van der Waals surface area contributed by atoms with Crippen molar-refractivity contribution in [2.75, 3.05) is 38.0 Å². The number of carbonyl (C=O) groups excluding carboxylic acids is 2. The summed E-state index contributed by atoms with van der Waals surface area (Å²) in [7, 11) is 0. The van der Waals surface area contributed by atoms with Crippen LogP contribution in [0.1, 0.15) is 65.8 Å². The number of para-hydroxylation sites is 1. The first-order chi connectivity index (χ1) is 16.8. The Bertz CT molecular complexity index is 1250. The van der Waals surface area contributed by atoms with Gasteiger partial charge in [-0.3, -0.25) is 14.5 Å². The average molecular weight is 475 g/mol. The summed E-state index contributed by atoms with van der Waals surface area (Å²) in [6, 6.07) is 8.16. The van der Waals surface area contributed by atoms with Crippen molar-refractivity contribution in [2.45, 2.75) is 52.5 Å². The molecule has 2 amide bonds. The number of benzene rings is 1. The molecule has 0 unspecified atom stereocenters. The van der Waals surface area contributed by atoms with E-state index in [1.54, 1.807) is 6.20 Å². The zero-order valence-corrected chi connectivity index (χ0v) is 21.0. The third-order valence-electron chi connectivity index (χ3n) is 7.07. The minimum atomic E-state index is -0.0202. The normalized spacial score (nSPS) is 16.8. The molecule has 1 N–H and O–H groups in total. The average Bonchev–Trinajstić information content (AvgIpc) is 3.59. The molecule has 35 heavy (non-hydrogen) atoms. The van der Waals surface area contributed by atoms with Crippen molar-refractivity contribution < 1.29 is 9.59 Å². The van der Waals surface area contributed by atoms with E-state index in [4.69, 9.17) is 4.98 Å². The minimum absolute atomic E-state index is 0.0202. The molecule has 1 saturated heterocycles. The zero-order valence-electron chi connectivity index (χ0n) is 21.0. The molecule has 3 heterocycles. The van der Waals surface area contributed by atoms with Crippen molar-refractivity contribution in [3.63, 3.8) is 0 Å². The zero-order chi connectivity index (χ0) is 24.7. The molecule has 2 fully saturated rings. The summed E-state index contributed by atoms with van der Waals surface area (Å²) >= 11 is 0. The van der Waals surface area contributed by atoms with Crippen LogP contribution in [-0.4, -0.2) is 69.1 Å². The molecule has 1 saturated carbocycles. The first kappa shape index (κ1) is 23.5. The number of aryl methyl sites for hydroxylation is 2. The van der Waals surface area contributed by atoms with Crippen LogP contribution in [0.5, 0.6) is 0 Å². The standard InChI is InChI=1S/C27H34N6O2/c1-17(2)33-26-22(15-28-33)21(14-23(29-26)20-8-9-20)27(35)32-12-10-31(11-13-32)16-24(34)30-25-18(3)6-5-7-19(25)4/h5-7,14-15,17,20H,8-13,16H2,1-4H3,(H,30,34). The Hall–Kier alpha value is -3.26. The maximum Gasteiger partial charge on any atom is 0.254 e. The molecule has 5 rings (SSSR count). The second kappa shape index (κ2) is 9.41. The third kappa shape index (κ3) is 4.80. The van der Waals surface area contributed by atoms with Crippen molar-refractivity contribution in [3.8, 4) is 0 Å². The number of nitrogens with zero attached hydrogens (tertiary/aromatic N) is 5. The highest BCUT2D eigenvalue weighted by Gasteiger charge is 2.30. The van der Waals surface area contributed by atoms with E-state index in [0.29, 0.717) is 44.2 Å². The molecule has 1 aromatic carbocycles. The fourth-order valence-electron chi connectivity index (χ4n) is 4.85. The van der Waals surface area contributed by atoms with Crippen LogP contribution in [0.25, 0.3) is 11.0 Å². The number of amides is 2. The fraction of sp³-hybridized carbons (Fsp3) is 0.481. The Labute approximate surface area is 206 Å². The molecule has 1 aliphatic carbocycles.